The molecule has 0 radical (unpaired) electrons. The van der Waals surface area contributed by atoms with E-state index in [-0.39, 0.29) is 5.56 Å². The summed E-state index contributed by atoms with van der Waals surface area (Å²) < 4.78 is 0. The van der Waals surface area contributed by atoms with Crippen LogP contribution in [0.1, 0.15) is 12.0 Å². The van der Waals surface area contributed by atoms with Crippen LogP contribution in [0.5, 0.6) is 0 Å². The van der Waals surface area contributed by atoms with E-state index in [1.807, 2.05) is 18.2 Å². The van der Waals surface area contributed by atoms with Gasteiger partial charge in [0.25, 0.3) is 5.56 Å². The molecule has 4 heteroatoms. The van der Waals surface area contributed by atoms with Crippen LogP contribution in [-0.2, 0) is 6.42 Å². The Kier molecular flexibility index (Phi) is 3.10. The van der Waals surface area contributed by atoms with Crippen molar-refractivity contribution in [2.75, 3.05) is 13.1 Å². The highest BCUT2D eigenvalue weighted by Gasteiger charge is 2.16. The predicted octanol–water partition coefficient (Wildman–Crippen LogP) is 2.33. The summed E-state index contributed by atoms with van der Waals surface area (Å²) in [5.74, 6) is 0.572. The van der Waals surface area contributed by atoms with Crippen LogP contribution in [0.2, 0.25) is 5.02 Å². The number of hydrogen-bond acceptors (Lipinski definition) is 2. The number of fused-ring (bicyclic) bond motifs is 1. The number of aromatic nitrogens is 1. The van der Waals surface area contributed by atoms with Crippen molar-refractivity contribution in [3.05, 3.63) is 45.2 Å². The number of aromatic amines is 1. The third-order valence-electron chi connectivity index (χ3n) is 3.58. The number of H-pyrrole nitrogens is 1. The quantitative estimate of drug-likeness (QED) is 0.873. The van der Waals surface area contributed by atoms with E-state index in [0.29, 0.717) is 10.9 Å². The molecule has 2 N–H and O–H groups in total. The van der Waals surface area contributed by atoms with Crippen molar-refractivity contribution in [3.8, 4) is 0 Å². The Morgan fingerprint density at radius 1 is 1.39 bits per heavy atom. The number of nitrogens with one attached hydrogen (secondary N) is 2. The smallest absolute Gasteiger partial charge is 0.251 e. The minimum absolute atomic E-state index is 0.0116. The highest BCUT2D eigenvalue weighted by Crippen LogP contribution is 2.21. The Bertz CT molecular complexity index is 629. The average molecular weight is 263 g/mol. The molecule has 3 rings (SSSR count). The number of pyridine rings is 1. The van der Waals surface area contributed by atoms with Crippen molar-refractivity contribution in [1.29, 1.82) is 0 Å². The maximum Gasteiger partial charge on any atom is 0.251 e. The largest absolute Gasteiger partial charge is 0.320 e. The van der Waals surface area contributed by atoms with Gasteiger partial charge in [0.2, 0.25) is 0 Å². The summed E-state index contributed by atoms with van der Waals surface area (Å²) in [6, 6.07) is 7.65. The first kappa shape index (κ1) is 11.8. The molecule has 1 atom stereocenters. The lowest BCUT2D eigenvalue weighted by Crippen LogP contribution is -2.18. The van der Waals surface area contributed by atoms with Crippen molar-refractivity contribution >= 4 is 22.5 Å². The van der Waals surface area contributed by atoms with Crippen LogP contribution < -0.4 is 10.9 Å². The second-order valence-corrected chi connectivity index (χ2v) is 5.30. The monoisotopic (exact) mass is 262 g/mol. The van der Waals surface area contributed by atoms with E-state index >= 15 is 0 Å². The van der Waals surface area contributed by atoms with Crippen LogP contribution in [0.3, 0.4) is 0 Å². The Labute approximate surface area is 110 Å². The van der Waals surface area contributed by atoms with Gasteiger partial charge in [-0.05, 0) is 44.0 Å². The molecule has 94 valence electrons. The molecule has 0 saturated carbocycles. The second kappa shape index (κ2) is 4.75. The summed E-state index contributed by atoms with van der Waals surface area (Å²) in [6.07, 6.45) is 1.98. The van der Waals surface area contributed by atoms with Gasteiger partial charge in [-0.3, -0.25) is 4.79 Å². The van der Waals surface area contributed by atoms with Crippen molar-refractivity contribution < 1.29 is 0 Å². The number of hydrogen-bond donors (Lipinski definition) is 2. The molecule has 2 aromatic rings. The number of rotatable bonds is 2. The Hall–Kier alpha value is -1.32. The first-order chi connectivity index (χ1) is 8.74. The van der Waals surface area contributed by atoms with Gasteiger partial charge in [0.1, 0.15) is 0 Å². The molecule has 2 heterocycles. The average Bonchev–Trinajstić information content (AvgIpc) is 2.84. The summed E-state index contributed by atoms with van der Waals surface area (Å²) in [5.41, 5.74) is 1.58. The van der Waals surface area contributed by atoms with Crippen LogP contribution >= 0.6 is 11.6 Å². The van der Waals surface area contributed by atoms with E-state index in [1.54, 1.807) is 6.07 Å². The van der Waals surface area contributed by atoms with Crippen LogP contribution in [0, 0.1) is 5.92 Å². The minimum atomic E-state index is -0.0116. The highest BCUT2D eigenvalue weighted by atomic mass is 35.5. The van der Waals surface area contributed by atoms with E-state index in [4.69, 9.17) is 11.6 Å². The fourth-order valence-electron chi connectivity index (χ4n) is 2.59. The fraction of sp³-hybridized carbons (Fsp3) is 0.357. The SMILES string of the molecule is O=c1[nH]c2c(Cl)cccc2cc1CC1CCNC1. The first-order valence-electron chi connectivity index (χ1n) is 6.25. The third-order valence-corrected chi connectivity index (χ3v) is 3.89. The summed E-state index contributed by atoms with van der Waals surface area (Å²) in [6.45, 7) is 2.06. The minimum Gasteiger partial charge on any atom is -0.320 e. The van der Waals surface area contributed by atoms with Crippen molar-refractivity contribution in [1.82, 2.24) is 10.3 Å². The van der Waals surface area contributed by atoms with E-state index in [0.717, 1.165) is 42.4 Å². The zero-order chi connectivity index (χ0) is 12.5. The third kappa shape index (κ3) is 2.16. The molecule has 1 saturated heterocycles. The Morgan fingerprint density at radius 3 is 3.06 bits per heavy atom. The van der Waals surface area contributed by atoms with Gasteiger partial charge in [-0.15, -0.1) is 0 Å². The maximum atomic E-state index is 12.0. The molecule has 1 aliphatic heterocycles. The fourth-order valence-corrected chi connectivity index (χ4v) is 2.82. The summed E-state index contributed by atoms with van der Waals surface area (Å²) in [4.78, 5) is 14.9. The van der Waals surface area contributed by atoms with Crippen molar-refractivity contribution in [3.63, 3.8) is 0 Å². The number of para-hydroxylation sites is 1. The lowest BCUT2D eigenvalue weighted by atomic mass is 9.99. The van der Waals surface area contributed by atoms with Crippen LogP contribution in [0.25, 0.3) is 10.9 Å². The zero-order valence-corrected chi connectivity index (χ0v) is 10.8. The summed E-state index contributed by atoms with van der Waals surface area (Å²) in [7, 11) is 0. The number of halogens is 1. The predicted molar refractivity (Wildman–Crippen MR) is 74.3 cm³/mol. The van der Waals surface area contributed by atoms with E-state index in [9.17, 15) is 4.79 Å². The van der Waals surface area contributed by atoms with Gasteiger partial charge >= 0.3 is 0 Å². The van der Waals surface area contributed by atoms with Crippen LogP contribution in [0.15, 0.2) is 29.1 Å². The van der Waals surface area contributed by atoms with E-state index < -0.39 is 0 Å². The molecular weight excluding hydrogens is 248 g/mol. The van der Waals surface area contributed by atoms with Crippen LogP contribution in [0.4, 0.5) is 0 Å². The molecule has 1 aromatic carbocycles. The highest BCUT2D eigenvalue weighted by molar-refractivity contribution is 6.35. The van der Waals surface area contributed by atoms with Gasteiger partial charge in [-0.2, -0.15) is 0 Å². The summed E-state index contributed by atoms with van der Waals surface area (Å²) >= 11 is 6.07. The molecule has 0 bridgehead atoms. The molecule has 0 aliphatic carbocycles. The molecule has 3 nitrogen and oxygen atoms in total. The van der Waals surface area contributed by atoms with Gasteiger partial charge in [0, 0.05) is 10.9 Å². The maximum absolute atomic E-state index is 12.0. The molecule has 0 amide bonds. The normalized spacial score (nSPS) is 19.5. The van der Waals surface area contributed by atoms with Crippen molar-refractivity contribution in [2.45, 2.75) is 12.8 Å². The zero-order valence-electron chi connectivity index (χ0n) is 10.0. The standard InChI is InChI=1S/C14H15ClN2O/c15-12-3-1-2-10-7-11(14(18)17-13(10)12)6-9-4-5-16-8-9/h1-3,7,9,16H,4-6,8H2,(H,17,18). The lowest BCUT2D eigenvalue weighted by Gasteiger charge is -2.08. The molecule has 1 aromatic heterocycles. The van der Waals surface area contributed by atoms with Gasteiger partial charge in [-0.25, -0.2) is 0 Å². The first-order valence-corrected chi connectivity index (χ1v) is 6.63. The number of benzene rings is 1. The Morgan fingerprint density at radius 2 is 2.28 bits per heavy atom. The van der Waals surface area contributed by atoms with Crippen LogP contribution in [-0.4, -0.2) is 18.1 Å². The van der Waals surface area contributed by atoms with Gasteiger partial charge in [0.05, 0.1) is 10.5 Å². The molecule has 1 aliphatic rings. The molecular formula is C14H15ClN2O. The summed E-state index contributed by atoms with van der Waals surface area (Å²) in [5, 5.41) is 4.92. The second-order valence-electron chi connectivity index (χ2n) is 4.89. The topological polar surface area (TPSA) is 44.9 Å². The molecule has 18 heavy (non-hydrogen) atoms. The van der Waals surface area contributed by atoms with Gasteiger partial charge in [-0.1, -0.05) is 23.7 Å². The van der Waals surface area contributed by atoms with Crippen molar-refractivity contribution in [2.24, 2.45) is 5.92 Å². The molecule has 0 spiro atoms. The molecule has 1 fully saturated rings. The van der Waals surface area contributed by atoms with E-state index in [1.165, 1.54) is 0 Å². The Balaban J connectivity index is 2.02. The lowest BCUT2D eigenvalue weighted by molar-refractivity contribution is 0.577. The van der Waals surface area contributed by atoms with Gasteiger partial charge in [0.15, 0.2) is 0 Å². The molecule has 1 unspecified atom stereocenters. The van der Waals surface area contributed by atoms with Gasteiger partial charge < -0.3 is 10.3 Å². The van der Waals surface area contributed by atoms with E-state index in [2.05, 4.69) is 10.3 Å².